The van der Waals surface area contributed by atoms with E-state index in [1.165, 1.54) is 0 Å². The van der Waals surface area contributed by atoms with Crippen LogP contribution in [0.1, 0.15) is 36.2 Å². The predicted octanol–water partition coefficient (Wildman–Crippen LogP) is 3.80. The summed E-state index contributed by atoms with van der Waals surface area (Å²) in [4.78, 5) is 20.1. The van der Waals surface area contributed by atoms with Crippen molar-refractivity contribution in [2.45, 2.75) is 33.6 Å². The molecule has 0 unspecified atom stereocenters. The molecule has 0 N–H and O–H groups in total. The molecule has 1 aromatic heterocycles. The molecule has 21 heavy (non-hydrogen) atoms. The summed E-state index contributed by atoms with van der Waals surface area (Å²) in [6.45, 7) is 5.83. The van der Waals surface area contributed by atoms with Gasteiger partial charge < -0.3 is 0 Å². The average Bonchev–Trinajstić information content (AvgIpc) is 2.43. The maximum Gasteiger partial charge on any atom is 0.222 e. The van der Waals surface area contributed by atoms with Gasteiger partial charge in [-0.25, -0.2) is 9.97 Å². The van der Waals surface area contributed by atoms with Gasteiger partial charge in [-0.2, -0.15) is 0 Å². The number of halogens is 1. The van der Waals surface area contributed by atoms with Crippen molar-refractivity contribution in [3.8, 4) is 0 Å². The number of aromatic nitrogens is 2. The van der Waals surface area contributed by atoms with E-state index in [4.69, 9.17) is 11.6 Å². The summed E-state index contributed by atoms with van der Waals surface area (Å²) in [5.41, 5.74) is 4.11. The zero-order valence-corrected chi connectivity index (χ0v) is 13.3. The minimum atomic E-state index is 0.0663. The van der Waals surface area contributed by atoms with Crippen LogP contribution < -0.4 is 0 Å². The number of Topliss-reactive ketones (excluding diaryl/α,β-unsaturated/α-hetero) is 1. The quantitative estimate of drug-likeness (QED) is 0.789. The summed E-state index contributed by atoms with van der Waals surface area (Å²) in [5.74, 6) is 0.324. The number of nitrogens with zero attached hydrogens (tertiary/aromatic N) is 2. The molecule has 0 spiro atoms. The molecule has 0 radical (unpaired) electrons. The lowest BCUT2D eigenvalue weighted by Crippen LogP contribution is -2.10. The summed E-state index contributed by atoms with van der Waals surface area (Å²) in [7, 11) is 0. The first-order valence-corrected chi connectivity index (χ1v) is 7.42. The van der Waals surface area contributed by atoms with Crippen LogP contribution in [0.15, 0.2) is 30.5 Å². The van der Waals surface area contributed by atoms with Crippen molar-refractivity contribution in [1.29, 1.82) is 0 Å². The highest BCUT2D eigenvalue weighted by Gasteiger charge is 2.09. The van der Waals surface area contributed by atoms with Gasteiger partial charge in [0.15, 0.2) is 0 Å². The molecule has 0 saturated heterocycles. The zero-order chi connectivity index (χ0) is 15.4. The molecule has 110 valence electrons. The van der Waals surface area contributed by atoms with Gasteiger partial charge in [0.1, 0.15) is 5.78 Å². The van der Waals surface area contributed by atoms with E-state index in [1.807, 2.05) is 39.0 Å². The normalized spacial score (nSPS) is 10.9. The number of ketones is 1. The molecule has 2 aromatic rings. The van der Waals surface area contributed by atoms with Crippen LogP contribution >= 0.6 is 11.6 Å². The molecule has 0 aliphatic carbocycles. The lowest BCUT2D eigenvalue weighted by molar-refractivity contribution is -0.121. The lowest BCUT2D eigenvalue weighted by Gasteiger charge is -2.08. The maximum absolute atomic E-state index is 11.8. The molecule has 0 fully saturated rings. The molecule has 0 aliphatic heterocycles. The van der Waals surface area contributed by atoms with E-state index in [9.17, 15) is 4.79 Å². The summed E-state index contributed by atoms with van der Waals surface area (Å²) >= 11 is 5.85. The summed E-state index contributed by atoms with van der Waals surface area (Å²) in [6.07, 6.45) is 2.91. The van der Waals surface area contributed by atoms with E-state index in [2.05, 4.69) is 16.0 Å². The SMILES string of the molecule is Cc1cnc(Cl)nc1Cc1cccc(CC(=O)C(C)C)c1. The van der Waals surface area contributed by atoms with Crippen molar-refractivity contribution in [2.75, 3.05) is 0 Å². The summed E-state index contributed by atoms with van der Waals surface area (Å²) in [5, 5.41) is 0.266. The largest absolute Gasteiger partial charge is 0.299 e. The van der Waals surface area contributed by atoms with E-state index in [-0.39, 0.29) is 17.0 Å². The van der Waals surface area contributed by atoms with Crippen molar-refractivity contribution in [1.82, 2.24) is 9.97 Å². The van der Waals surface area contributed by atoms with E-state index in [1.54, 1.807) is 6.20 Å². The number of benzene rings is 1. The Morgan fingerprint density at radius 2 is 2.00 bits per heavy atom. The third-order valence-corrected chi connectivity index (χ3v) is 3.61. The fraction of sp³-hybridized carbons (Fsp3) is 0.353. The Morgan fingerprint density at radius 3 is 2.71 bits per heavy atom. The molecule has 1 aromatic carbocycles. The smallest absolute Gasteiger partial charge is 0.222 e. The third-order valence-electron chi connectivity index (χ3n) is 3.43. The topological polar surface area (TPSA) is 42.9 Å². The molecular weight excluding hydrogens is 284 g/mol. The fourth-order valence-electron chi connectivity index (χ4n) is 2.08. The summed E-state index contributed by atoms with van der Waals surface area (Å²) in [6, 6.07) is 8.08. The Morgan fingerprint density at radius 1 is 1.29 bits per heavy atom. The standard InChI is InChI=1S/C17H19ClN2O/c1-11(2)16(21)9-14-6-4-5-13(7-14)8-15-12(3)10-19-17(18)20-15/h4-7,10-11H,8-9H2,1-3H3. The van der Waals surface area contributed by atoms with E-state index in [0.717, 1.165) is 22.4 Å². The molecule has 0 amide bonds. The first kappa shape index (κ1) is 15.6. The van der Waals surface area contributed by atoms with Gasteiger partial charge in [0.2, 0.25) is 5.28 Å². The van der Waals surface area contributed by atoms with E-state index < -0.39 is 0 Å². The van der Waals surface area contributed by atoms with Crippen molar-refractivity contribution in [3.63, 3.8) is 0 Å². The minimum Gasteiger partial charge on any atom is -0.299 e. The molecule has 0 saturated carbocycles. The molecule has 0 aliphatic rings. The highest BCUT2D eigenvalue weighted by atomic mass is 35.5. The first-order valence-electron chi connectivity index (χ1n) is 7.04. The summed E-state index contributed by atoms with van der Waals surface area (Å²) < 4.78 is 0. The van der Waals surface area contributed by atoms with Crippen LogP contribution in [0.4, 0.5) is 0 Å². The number of hydrogen-bond donors (Lipinski definition) is 0. The van der Waals surface area contributed by atoms with Gasteiger partial charge in [0, 0.05) is 25.0 Å². The molecule has 0 bridgehead atoms. The zero-order valence-electron chi connectivity index (χ0n) is 12.6. The number of hydrogen-bond acceptors (Lipinski definition) is 3. The number of carbonyl (C=O) groups excluding carboxylic acids is 1. The Hall–Kier alpha value is -1.74. The van der Waals surface area contributed by atoms with Gasteiger partial charge >= 0.3 is 0 Å². The Labute approximate surface area is 130 Å². The Balaban J connectivity index is 2.18. The average molecular weight is 303 g/mol. The highest BCUT2D eigenvalue weighted by Crippen LogP contribution is 2.15. The highest BCUT2D eigenvalue weighted by molar-refractivity contribution is 6.28. The van der Waals surface area contributed by atoms with Crippen LogP contribution in [0.2, 0.25) is 5.28 Å². The molecular formula is C17H19ClN2O. The van der Waals surface area contributed by atoms with E-state index in [0.29, 0.717) is 12.8 Å². The van der Waals surface area contributed by atoms with Gasteiger partial charge in [0.05, 0.1) is 5.69 Å². The second-order valence-electron chi connectivity index (χ2n) is 5.56. The first-order chi connectivity index (χ1) is 9.95. The van der Waals surface area contributed by atoms with Crippen molar-refractivity contribution in [2.24, 2.45) is 5.92 Å². The van der Waals surface area contributed by atoms with Crippen LogP contribution in [0.3, 0.4) is 0 Å². The van der Waals surface area contributed by atoms with Crippen LogP contribution in [-0.2, 0) is 17.6 Å². The van der Waals surface area contributed by atoms with Crippen LogP contribution in [0.5, 0.6) is 0 Å². The van der Waals surface area contributed by atoms with Crippen molar-refractivity contribution in [3.05, 3.63) is 58.1 Å². The maximum atomic E-state index is 11.8. The van der Waals surface area contributed by atoms with Gasteiger partial charge in [-0.05, 0) is 35.2 Å². The monoisotopic (exact) mass is 302 g/mol. The minimum absolute atomic E-state index is 0.0663. The molecule has 0 atom stereocenters. The third kappa shape index (κ3) is 4.36. The van der Waals surface area contributed by atoms with Crippen LogP contribution in [0.25, 0.3) is 0 Å². The van der Waals surface area contributed by atoms with Crippen LogP contribution in [-0.4, -0.2) is 15.8 Å². The second-order valence-corrected chi connectivity index (χ2v) is 5.90. The Kier molecular flexibility index (Phi) is 5.07. The molecule has 4 heteroatoms. The second kappa shape index (κ2) is 6.81. The lowest BCUT2D eigenvalue weighted by atomic mass is 9.98. The van der Waals surface area contributed by atoms with Gasteiger partial charge in [-0.1, -0.05) is 38.1 Å². The Bertz CT molecular complexity index is 653. The number of carbonyl (C=O) groups is 1. The fourth-order valence-corrected chi connectivity index (χ4v) is 2.23. The van der Waals surface area contributed by atoms with E-state index >= 15 is 0 Å². The van der Waals surface area contributed by atoms with Gasteiger partial charge in [0.25, 0.3) is 0 Å². The van der Waals surface area contributed by atoms with Crippen molar-refractivity contribution < 1.29 is 4.79 Å². The van der Waals surface area contributed by atoms with Crippen molar-refractivity contribution >= 4 is 17.4 Å². The van der Waals surface area contributed by atoms with Crippen LogP contribution in [0, 0.1) is 12.8 Å². The molecule has 1 heterocycles. The molecule has 3 nitrogen and oxygen atoms in total. The number of rotatable bonds is 5. The van der Waals surface area contributed by atoms with Gasteiger partial charge in [-0.15, -0.1) is 0 Å². The number of aryl methyl sites for hydroxylation is 1. The van der Waals surface area contributed by atoms with Gasteiger partial charge in [-0.3, -0.25) is 4.79 Å². The predicted molar refractivity (Wildman–Crippen MR) is 84.6 cm³/mol. The molecule has 2 rings (SSSR count).